The van der Waals surface area contributed by atoms with Crippen molar-refractivity contribution in [3.05, 3.63) is 18.0 Å². The largest absolute Gasteiger partial charge is 0.586 e. The van der Waals surface area contributed by atoms with Gasteiger partial charge in [0, 0.05) is 18.5 Å². The lowest BCUT2D eigenvalue weighted by molar-refractivity contribution is -0.286. The van der Waals surface area contributed by atoms with Crippen molar-refractivity contribution in [2.24, 2.45) is 0 Å². The first-order valence-electron chi connectivity index (χ1n) is 8.42. The van der Waals surface area contributed by atoms with E-state index in [1.807, 2.05) is 11.8 Å². The average Bonchev–Trinajstić information content (AvgIpc) is 3.13. The van der Waals surface area contributed by atoms with Gasteiger partial charge in [-0.25, -0.2) is 14.4 Å². The molecular weight excluding hydrogens is 365 g/mol. The molecule has 1 aromatic carbocycles. The van der Waals surface area contributed by atoms with Gasteiger partial charge < -0.3 is 15.2 Å². The lowest BCUT2D eigenvalue weighted by Gasteiger charge is -2.43. The Labute approximate surface area is 150 Å². The molecule has 142 valence electrons. The number of anilines is 1. The Bertz CT molecular complexity index is 1080. The molecular formula is C16H15F3N6O2. The van der Waals surface area contributed by atoms with Crippen LogP contribution in [-0.4, -0.2) is 49.5 Å². The van der Waals surface area contributed by atoms with E-state index in [0.717, 1.165) is 0 Å². The van der Waals surface area contributed by atoms with Gasteiger partial charge in [0.2, 0.25) is 5.95 Å². The van der Waals surface area contributed by atoms with Crippen LogP contribution in [0.3, 0.4) is 0 Å². The number of nitrogens with two attached hydrogens (primary N) is 1. The van der Waals surface area contributed by atoms with E-state index in [1.165, 1.54) is 10.6 Å². The van der Waals surface area contributed by atoms with E-state index in [9.17, 15) is 13.2 Å². The fraction of sp³-hybridized carbons (Fsp3) is 0.438. The predicted octanol–water partition coefficient (Wildman–Crippen LogP) is 2.12. The highest BCUT2D eigenvalue weighted by molar-refractivity contribution is 5.97. The van der Waals surface area contributed by atoms with Crippen molar-refractivity contribution in [2.75, 3.05) is 18.8 Å². The summed E-state index contributed by atoms with van der Waals surface area (Å²) in [7, 11) is 0. The number of nitrogens with zero attached hydrogens (tertiary/aromatic N) is 5. The normalized spacial score (nSPS) is 20.3. The highest BCUT2D eigenvalue weighted by Crippen LogP contribution is 2.45. The van der Waals surface area contributed by atoms with E-state index in [-0.39, 0.29) is 23.0 Å². The van der Waals surface area contributed by atoms with Gasteiger partial charge in [0.25, 0.3) is 0 Å². The van der Waals surface area contributed by atoms with Crippen LogP contribution in [0.5, 0.6) is 11.5 Å². The first kappa shape index (κ1) is 16.4. The van der Waals surface area contributed by atoms with Crippen molar-refractivity contribution >= 4 is 22.5 Å². The number of fused-ring (bicyclic) bond motifs is 5. The molecule has 5 rings (SSSR count). The van der Waals surface area contributed by atoms with Crippen LogP contribution in [0.25, 0.3) is 16.6 Å². The summed E-state index contributed by atoms with van der Waals surface area (Å²) in [5.41, 5.74) is 5.25. The predicted molar refractivity (Wildman–Crippen MR) is 88.3 cm³/mol. The van der Waals surface area contributed by atoms with Gasteiger partial charge in [-0.15, -0.1) is 13.9 Å². The summed E-state index contributed by atoms with van der Waals surface area (Å²) in [5.74, 6) is 0.102. The Balaban J connectivity index is 1.55. The van der Waals surface area contributed by atoms with Crippen LogP contribution in [0, 0.1) is 0 Å². The third-order valence-corrected chi connectivity index (χ3v) is 4.89. The van der Waals surface area contributed by atoms with Gasteiger partial charge in [0.1, 0.15) is 11.2 Å². The Kier molecular flexibility index (Phi) is 3.10. The van der Waals surface area contributed by atoms with Gasteiger partial charge in [-0.2, -0.15) is 4.52 Å². The molecule has 8 nitrogen and oxygen atoms in total. The Morgan fingerprint density at radius 3 is 2.70 bits per heavy atom. The van der Waals surface area contributed by atoms with Crippen molar-refractivity contribution in [3.63, 3.8) is 0 Å². The minimum absolute atomic E-state index is 0.0273. The summed E-state index contributed by atoms with van der Waals surface area (Å²) >= 11 is 0. The first-order valence-corrected chi connectivity index (χ1v) is 8.42. The molecule has 11 heteroatoms. The molecule has 0 spiro atoms. The molecule has 0 bridgehead atoms. The second kappa shape index (κ2) is 5.12. The molecule has 27 heavy (non-hydrogen) atoms. The molecule has 1 fully saturated rings. The number of hydrogen-bond acceptors (Lipinski definition) is 7. The lowest BCUT2D eigenvalue weighted by atomic mass is 9.93. The number of aromatic nitrogens is 4. The highest BCUT2D eigenvalue weighted by atomic mass is 19.3. The maximum atomic E-state index is 14.1. The Morgan fingerprint density at radius 2 is 1.96 bits per heavy atom. The first-order chi connectivity index (χ1) is 12.8. The number of ether oxygens (including phenoxy) is 2. The molecule has 4 heterocycles. The zero-order valence-electron chi connectivity index (χ0n) is 14.2. The van der Waals surface area contributed by atoms with Crippen molar-refractivity contribution in [2.45, 2.75) is 31.9 Å². The maximum absolute atomic E-state index is 14.1. The van der Waals surface area contributed by atoms with Crippen LogP contribution >= 0.6 is 0 Å². The molecule has 2 aromatic heterocycles. The van der Waals surface area contributed by atoms with Gasteiger partial charge in [-0.05, 0) is 18.6 Å². The molecule has 2 aliphatic heterocycles. The average molecular weight is 380 g/mol. The van der Waals surface area contributed by atoms with Gasteiger partial charge in [0.05, 0.1) is 6.54 Å². The summed E-state index contributed by atoms with van der Waals surface area (Å²) in [4.78, 5) is 10.5. The maximum Gasteiger partial charge on any atom is 0.586 e. The molecule has 2 N–H and O–H groups in total. The number of benzene rings is 1. The second-order valence-electron chi connectivity index (χ2n) is 6.84. The molecule has 0 unspecified atom stereocenters. The zero-order valence-corrected chi connectivity index (χ0v) is 14.2. The number of hydrogen-bond donors (Lipinski definition) is 1. The number of likely N-dealkylation sites (tertiary alicyclic amines) is 1. The minimum atomic E-state index is -3.76. The third-order valence-electron chi connectivity index (χ3n) is 4.89. The van der Waals surface area contributed by atoms with Crippen molar-refractivity contribution in [3.8, 4) is 11.5 Å². The fourth-order valence-corrected chi connectivity index (χ4v) is 3.50. The van der Waals surface area contributed by atoms with Crippen molar-refractivity contribution < 1.29 is 22.6 Å². The zero-order chi connectivity index (χ0) is 19.0. The molecule has 0 radical (unpaired) electrons. The highest BCUT2D eigenvalue weighted by Gasteiger charge is 2.45. The molecule has 1 saturated heterocycles. The van der Waals surface area contributed by atoms with Crippen molar-refractivity contribution in [1.29, 1.82) is 0 Å². The van der Waals surface area contributed by atoms with Gasteiger partial charge in [-0.3, -0.25) is 4.90 Å². The van der Waals surface area contributed by atoms with E-state index >= 15 is 0 Å². The Morgan fingerprint density at radius 1 is 1.19 bits per heavy atom. The summed E-state index contributed by atoms with van der Waals surface area (Å²) in [6.45, 7) is 2.81. The van der Waals surface area contributed by atoms with E-state index in [2.05, 4.69) is 24.5 Å². The molecule has 2 aliphatic rings. The van der Waals surface area contributed by atoms with Gasteiger partial charge >= 0.3 is 6.29 Å². The Hall–Kier alpha value is -2.82. The fourth-order valence-electron chi connectivity index (χ4n) is 3.50. The summed E-state index contributed by atoms with van der Waals surface area (Å²) in [5, 5.41) is 4.76. The van der Waals surface area contributed by atoms with E-state index in [4.69, 9.17) is 5.73 Å². The molecule has 0 saturated carbocycles. The third kappa shape index (κ3) is 2.45. The number of rotatable bonds is 3. The van der Waals surface area contributed by atoms with Crippen LogP contribution in [0.1, 0.15) is 19.2 Å². The molecule has 3 aromatic rings. The van der Waals surface area contributed by atoms with E-state index in [0.29, 0.717) is 42.9 Å². The topological polar surface area (TPSA) is 90.8 Å². The van der Waals surface area contributed by atoms with Crippen LogP contribution in [-0.2, 0) is 6.54 Å². The molecule has 0 atom stereocenters. The number of alkyl halides is 3. The standard InChI is InChI=1S/C16H15F3N6O2/c1-2-15(17)6-24(7-15)5-10-21-13-8-3-4-9-12(27-16(18,19)26-9)11(8)22-14(20)25(13)23-10/h3-4H,2,5-7H2,1H3,(H2,20,22). The van der Waals surface area contributed by atoms with Crippen LogP contribution in [0.2, 0.25) is 0 Å². The number of nitrogen functional groups attached to an aromatic ring is 1. The van der Waals surface area contributed by atoms with Crippen molar-refractivity contribution in [1.82, 2.24) is 24.5 Å². The second-order valence-corrected chi connectivity index (χ2v) is 6.84. The van der Waals surface area contributed by atoms with Crippen LogP contribution < -0.4 is 15.2 Å². The summed E-state index contributed by atoms with van der Waals surface area (Å²) < 4.78 is 51.2. The van der Waals surface area contributed by atoms with Gasteiger partial charge in [0.15, 0.2) is 23.0 Å². The minimum Gasteiger partial charge on any atom is -0.395 e. The smallest absolute Gasteiger partial charge is 0.395 e. The monoisotopic (exact) mass is 380 g/mol. The SMILES string of the molecule is CCC1(F)CN(Cc2nc3c4ccc5c(c4nc(N)n3n2)OC(F)(F)O5)C1. The van der Waals surface area contributed by atoms with Gasteiger partial charge in [-0.1, -0.05) is 6.92 Å². The van der Waals surface area contributed by atoms with Crippen LogP contribution in [0.15, 0.2) is 12.1 Å². The molecule has 0 aliphatic carbocycles. The summed E-state index contributed by atoms with van der Waals surface area (Å²) in [6, 6.07) is 2.91. The lowest BCUT2D eigenvalue weighted by Crippen LogP contribution is -2.57. The quantitative estimate of drug-likeness (QED) is 0.744. The van der Waals surface area contributed by atoms with E-state index in [1.54, 1.807) is 6.07 Å². The molecule has 0 amide bonds. The summed E-state index contributed by atoms with van der Waals surface area (Å²) in [6.07, 6.45) is -3.30. The van der Waals surface area contributed by atoms with Crippen LogP contribution in [0.4, 0.5) is 19.1 Å². The number of halogens is 3. The van der Waals surface area contributed by atoms with E-state index < -0.39 is 12.0 Å².